The van der Waals surface area contributed by atoms with Crippen molar-refractivity contribution in [3.05, 3.63) is 0 Å². The first-order chi connectivity index (χ1) is 10.6. The van der Waals surface area contributed by atoms with E-state index in [0.717, 1.165) is 0 Å². The molecular weight excluding hydrogens is 348 g/mol. The van der Waals surface area contributed by atoms with Crippen LogP contribution in [0.1, 0.15) is 51.4 Å². The van der Waals surface area contributed by atoms with Crippen molar-refractivity contribution in [2.75, 3.05) is 52.8 Å². The summed E-state index contributed by atoms with van der Waals surface area (Å²) in [5, 5.41) is 0. The molecule has 0 amide bonds. The lowest BCUT2D eigenvalue weighted by atomic mass is 10.2. The van der Waals surface area contributed by atoms with Crippen LogP contribution in [0.3, 0.4) is 0 Å². The summed E-state index contributed by atoms with van der Waals surface area (Å²) in [7, 11) is 16.7. The van der Waals surface area contributed by atoms with E-state index in [1.54, 1.807) is 0 Å². The minimum atomic E-state index is 1.24. The molecule has 22 heavy (non-hydrogen) atoms. The maximum Gasteiger partial charge on any atom is 0.00454 e. The molecule has 134 valence electrons. The molecule has 0 aliphatic carbocycles. The molecule has 0 saturated carbocycles. The predicted molar refractivity (Wildman–Crippen MR) is 114 cm³/mol. The van der Waals surface area contributed by atoms with Crippen molar-refractivity contribution in [3.8, 4) is 0 Å². The average Bonchev–Trinajstić information content (AvgIpc) is 2.46. The largest absolute Gasteiger partial charge is 0.309 e. The highest BCUT2D eigenvalue weighted by Gasteiger charge is 1.96. The number of rotatable bonds is 17. The second-order valence-corrected chi connectivity index (χ2v) is 12.5. The summed E-state index contributed by atoms with van der Waals surface area (Å²) in [6, 6.07) is 0. The molecule has 0 unspecified atom stereocenters. The monoisotopic (exact) mass is 384 g/mol. The van der Waals surface area contributed by atoms with Crippen molar-refractivity contribution in [1.29, 1.82) is 0 Å². The van der Waals surface area contributed by atoms with Crippen LogP contribution in [0.5, 0.6) is 0 Å². The average molecular weight is 385 g/mol. The van der Waals surface area contributed by atoms with Crippen LogP contribution >= 0.6 is 41.2 Å². The fourth-order valence-electron chi connectivity index (χ4n) is 1.99. The molecule has 0 aliphatic heterocycles. The molecule has 0 heterocycles. The van der Waals surface area contributed by atoms with E-state index in [4.69, 9.17) is 0 Å². The van der Waals surface area contributed by atoms with E-state index in [1.165, 1.54) is 76.0 Å². The zero-order chi connectivity index (χ0) is 16.5. The van der Waals surface area contributed by atoms with Crippen molar-refractivity contribution >= 4 is 41.2 Å². The molecule has 0 bridgehead atoms. The fourth-order valence-corrected chi connectivity index (χ4v) is 8.26. The zero-order valence-corrected chi connectivity index (χ0v) is 18.3. The third-order valence-electron chi connectivity index (χ3n) is 3.29. The maximum atomic E-state index is 2.28. The standard InChI is InChI=1S/C16H36N2S4/c1-17(2)13-9-5-7-11-15-19-21-22-20-16-12-8-6-10-14-18(3)4/h5-16H2,1-4H3. The van der Waals surface area contributed by atoms with Gasteiger partial charge in [-0.05, 0) is 86.6 Å². The molecule has 0 aromatic carbocycles. The van der Waals surface area contributed by atoms with Gasteiger partial charge in [0, 0.05) is 11.5 Å². The molecule has 0 aliphatic rings. The Morgan fingerprint density at radius 1 is 0.500 bits per heavy atom. The van der Waals surface area contributed by atoms with Crippen LogP contribution in [0.15, 0.2) is 0 Å². The van der Waals surface area contributed by atoms with E-state index >= 15 is 0 Å². The Balaban J connectivity index is 2.97. The molecule has 0 spiro atoms. The highest BCUT2D eigenvalue weighted by Crippen LogP contribution is 2.43. The smallest absolute Gasteiger partial charge is 0.00454 e. The summed E-state index contributed by atoms with van der Waals surface area (Å²) in [5.41, 5.74) is 0. The van der Waals surface area contributed by atoms with Gasteiger partial charge in [0.2, 0.25) is 0 Å². The van der Waals surface area contributed by atoms with Gasteiger partial charge in [-0.15, -0.1) is 0 Å². The Morgan fingerprint density at radius 2 is 0.864 bits per heavy atom. The van der Waals surface area contributed by atoms with Gasteiger partial charge in [0.15, 0.2) is 0 Å². The highest BCUT2D eigenvalue weighted by molar-refractivity contribution is 9.26. The van der Waals surface area contributed by atoms with E-state index in [9.17, 15) is 0 Å². The number of unbranched alkanes of at least 4 members (excludes halogenated alkanes) is 6. The predicted octanol–water partition coefficient (Wildman–Crippen LogP) is 5.91. The molecule has 0 saturated heterocycles. The van der Waals surface area contributed by atoms with E-state index < -0.39 is 0 Å². The Labute approximate surface area is 154 Å². The third-order valence-corrected chi connectivity index (χ3v) is 9.92. The molecule has 0 atom stereocenters. The Kier molecular flexibility index (Phi) is 19.8. The molecule has 0 radical (unpaired) electrons. The maximum absolute atomic E-state index is 2.28. The van der Waals surface area contributed by atoms with Crippen LogP contribution in [0, 0.1) is 0 Å². The van der Waals surface area contributed by atoms with Crippen LogP contribution in [-0.2, 0) is 0 Å². The molecule has 6 heteroatoms. The van der Waals surface area contributed by atoms with Gasteiger partial charge in [0.25, 0.3) is 0 Å². The topological polar surface area (TPSA) is 6.48 Å². The van der Waals surface area contributed by atoms with Gasteiger partial charge in [-0.3, -0.25) is 0 Å². The van der Waals surface area contributed by atoms with Crippen LogP contribution in [-0.4, -0.2) is 62.6 Å². The van der Waals surface area contributed by atoms with Gasteiger partial charge < -0.3 is 9.80 Å². The zero-order valence-electron chi connectivity index (χ0n) is 15.0. The molecule has 0 aromatic heterocycles. The van der Waals surface area contributed by atoms with Gasteiger partial charge in [-0.2, -0.15) is 0 Å². The fraction of sp³-hybridized carbons (Fsp3) is 1.00. The van der Waals surface area contributed by atoms with Crippen molar-refractivity contribution in [3.63, 3.8) is 0 Å². The van der Waals surface area contributed by atoms with E-state index in [-0.39, 0.29) is 0 Å². The number of hydrogen-bond donors (Lipinski definition) is 0. The van der Waals surface area contributed by atoms with E-state index in [1.807, 2.05) is 41.2 Å². The van der Waals surface area contributed by atoms with Gasteiger partial charge >= 0.3 is 0 Å². The normalized spacial score (nSPS) is 11.7. The summed E-state index contributed by atoms with van der Waals surface area (Å²) >= 11 is 0. The van der Waals surface area contributed by atoms with Gasteiger partial charge in [0.1, 0.15) is 0 Å². The van der Waals surface area contributed by atoms with Crippen LogP contribution in [0.4, 0.5) is 0 Å². The van der Waals surface area contributed by atoms with Gasteiger partial charge in [-0.25, -0.2) is 0 Å². The van der Waals surface area contributed by atoms with Crippen molar-refractivity contribution < 1.29 is 0 Å². The highest BCUT2D eigenvalue weighted by atomic mass is 33.7. The lowest BCUT2D eigenvalue weighted by molar-refractivity contribution is 0.391. The Morgan fingerprint density at radius 3 is 1.23 bits per heavy atom. The molecule has 0 N–H and O–H groups in total. The van der Waals surface area contributed by atoms with Crippen LogP contribution < -0.4 is 0 Å². The molecule has 2 nitrogen and oxygen atoms in total. The first-order valence-electron chi connectivity index (χ1n) is 8.50. The summed E-state index contributed by atoms with van der Waals surface area (Å²) in [5.74, 6) is 2.62. The quantitative estimate of drug-likeness (QED) is 0.225. The molecule has 0 rings (SSSR count). The summed E-state index contributed by atoms with van der Waals surface area (Å²) < 4.78 is 0. The number of hydrogen-bond acceptors (Lipinski definition) is 6. The minimum absolute atomic E-state index is 1.24. The van der Waals surface area contributed by atoms with E-state index in [0.29, 0.717) is 0 Å². The minimum Gasteiger partial charge on any atom is -0.309 e. The Hall–Kier alpha value is 1.32. The SMILES string of the molecule is CN(C)CCCCCCSSSSCCCCCCN(C)C. The lowest BCUT2D eigenvalue weighted by Gasteiger charge is -2.08. The number of nitrogens with zero attached hydrogens (tertiary/aromatic N) is 2. The second kappa shape index (κ2) is 18.7. The molecule has 0 aromatic rings. The van der Waals surface area contributed by atoms with Gasteiger partial charge in [0.05, 0.1) is 0 Å². The summed E-state index contributed by atoms with van der Waals surface area (Å²) in [6.45, 7) is 2.48. The van der Waals surface area contributed by atoms with Crippen molar-refractivity contribution in [2.24, 2.45) is 0 Å². The lowest BCUT2D eigenvalue weighted by Crippen LogP contribution is -2.12. The van der Waals surface area contributed by atoms with Gasteiger partial charge in [-0.1, -0.05) is 47.3 Å². The molecule has 0 fully saturated rings. The third kappa shape index (κ3) is 21.3. The molecular formula is C16H36N2S4. The first-order valence-corrected chi connectivity index (χ1v) is 13.7. The van der Waals surface area contributed by atoms with Crippen molar-refractivity contribution in [2.45, 2.75) is 51.4 Å². The summed E-state index contributed by atoms with van der Waals surface area (Å²) in [6.07, 6.45) is 11.0. The van der Waals surface area contributed by atoms with E-state index in [2.05, 4.69) is 38.0 Å². The second-order valence-electron chi connectivity index (χ2n) is 6.22. The summed E-state index contributed by atoms with van der Waals surface area (Å²) in [4.78, 5) is 4.56. The van der Waals surface area contributed by atoms with Crippen molar-refractivity contribution in [1.82, 2.24) is 9.80 Å². The first kappa shape index (κ1) is 23.3. The Bertz CT molecular complexity index is 194. The van der Waals surface area contributed by atoms with Crippen LogP contribution in [0.25, 0.3) is 0 Å². The van der Waals surface area contributed by atoms with Crippen LogP contribution in [0.2, 0.25) is 0 Å².